The Morgan fingerprint density at radius 2 is 2.03 bits per heavy atom. The third-order valence-electron chi connectivity index (χ3n) is 6.53. The van der Waals surface area contributed by atoms with Crippen LogP contribution in [0.3, 0.4) is 0 Å². The monoisotopic (exact) mass is 452 g/mol. The average molecular weight is 453 g/mol. The van der Waals surface area contributed by atoms with Gasteiger partial charge in [-0.2, -0.15) is 4.98 Å². The van der Waals surface area contributed by atoms with Gasteiger partial charge in [-0.05, 0) is 49.8 Å². The van der Waals surface area contributed by atoms with E-state index in [1.807, 2.05) is 6.07 Å². The smallest absolute Gasteiger partial charge is 0.264 e. The Balaban J connectivity index is 1.44. The van der Waals surface area contributed by atoms with E-state index in [0.717, 1.165) is 49.5 Å². The number of aromatic nitrogens is 3. The van der Waals surface area contributed by atoms with E-state index < -0.39 is 0 Å². The summed E-state index contributed by atoms with van der Waals surface area (Å²) in [6.45, 7) is 4.63. The lowest BCUT2D eigenvalue weighted by Crippen LogP contribution is -2.40. The van der Waals surface area contributed by atoms with Gasteiger partial charge in [0.25, 0.3) is 5.56 Å². The molecule has 3 aromatic rings. The predicted molar refractivity (Wildman–Crippen MR) is 128 cm³/mol. The summed E-state index contributed by atoms with van der Waals surface area (Å²) in [5.41, 5.74) is 2.75. The van der Waals surface area contributed by atoms with Crippen LogP contribution in [0.2, 0.25) is 0 Å². The minimum absolute atomic E-state index is 0.139. The highest BCUT2D eigenvalue weighted by atomic mass is 32.1. The van der Waals surface area contributed by atoms with Crippen LogP contribution in [0.15, 0.2) is 23.0 Å². The predicted octanol–water partition coefficient (Wildman–Crippen LogP) is 2.92. The van der Waals surface area contributed by atoms with E-state index in [1.165, 1.54) is 23.1 Å². The molecule has 0 bridgehead atoms. The van der Waals surface area contributed by atoms with Gasteiger partial charge in [0.05, 0.1) is 23.4 Å². The Bertz CT molecular complexity index is 1170. The van der Waals surface area contributed by atoms with Crippen LogP contribution in [-0.4, -0.2) is 60.4 Å². The van der Waals surface area contributed by atoms with E-state index in [9.17, 15) is 4.79 Å². The normalized spacial score (nSPS) is 21.8. The molecule has 2 aliphatic heterocycles. The summed E-state index contributed by atoms with van der Waals surface area (Å²) in [5, 5.41) is 7.75. The van der Waals surface area contributed by atoms with Crippen molar-refractivity contribution in [3.05, 3.63) is 34.1 Å². The maximum absolute atomic E-state index is 13.4. The van der Waals surface area contributed by atoms with Crippen LogP contribution in [0.4, 0.5) is 11.8 Å². The molecule has 168 valence electrons. The summed E-state index contributed by atoms with van der Waals surface area (Å²) >= 11 is 1.62. The molecular formula is C23H28N6O2S. The van der Waals surface area contributed by atoms with E-state index >= 15 is 0 Å². The Morgan fingerprint density at radius 1 is 1.16 bits per heavy atom. The molecule has 1 aromatic carbocycles. The van der Waals surface area contributed by atoms with Crippen LogP contribution >= 0.6 is 11.3 Å². The van der Waals surface area contributed by atoms with Crippen molar-refractivity contribution in [2.24, 2.45) is 0 Å². The second-order valence-electron chi connectivity index (χ2n) is 8.89. The van der Waals surface area contributed by atoms with Crippen LogP contribution in [-0.2, 0) is 4.74 Å². The number of fused-ring (bicyclic) bond motifs is 1. The quantitative estimate of drug-likeness (QED) is 0.548. The number of H-pyrrole nitrogens is 1. The molecular weight excluding hydrogens is 424 g/mol. The van der Waals surface area contributed by atoms with E-state index in [2.05, 4.69) is 32.7 Å². The molecule has 0 spiro atoms. The largest absolute Gasteiger partial charge is 0.378 e. The number of aromatic amines is 1. The summed E-state index contributed by atoms with van der Waals surface area (Å²) in [7, 11) is 0. The number of rotatable bonds is 5. The van der Waals surface area contributed by atoms with Gasteiger partial charge in [-0.25, -0.2) is 4.98 Å². The third-order valence-corrected chi connectivity index (χ3v) is 7.67. The molecule has 32 heavy (non-hydrogen) atoms. The number of hydrogen-bond acceptors (Lipinski definition) is 8. The van der Waals surface area contributed by atoms with Crippen molar-refractivity contribution in [3.63, 3.8) is 0 Å². The van der Waals surface area contributed by atoms with E-state index in [1.54, 1.807) is 11.3 Å². The Morgan fingerprint density at radius 3 is 2.81 bits per heavy atom. The first-order chi connectivity index (χ1) is 15.8. The van der Waals surface area contributed by atoms with Gasteiger partial charge in [0.2, 0.25) is 5.95 Å². The first-order valence-corrected chi connectivity index (χ1v) is 12.4. The first-order valence-electron chi connectivity index (χ1n) is 11.6. The van der Waals surface area contributed by atoms with Crippen molar-refractivity contribution in [1.82, 2.24) is 20.3 Å². The fourth-order valence-electron chi connectivity index (χ4n) is 4.65. The van der Waals surface area contributed by atoms with Crippen LogP contribution in [0.1, 0.15) is 37.2 Å². The fraction of sp³-hybridized carbons (Fsp3) is 0.522. The summed E-state index contributed by atoms with van der Waals surface area (Å²) in [6.07, 6.45) is 4.65. The zero-order chi connectivity index (χ0) is 21.5. The summed E-state index contributed by atoms with van der Waals surface area (Å²) < 4.78 is 6.67. The SMILES string of the molecule is O=c1[nH]c(N2CCOCC2)nc(NC2CCCNC2)c1-c1nc2cccc(C3CC3)c2s1. The number of piperidine rings is 1. The van der Waals surface area contributed by atoms with Crippen molar-refractivity contribution in [1.29, 1.82) is 0 Å². The summed E-state index contributed by atoms with van der Waals surface area (Å²) in [6, 6.07) is 6.57. The van der Waals surface area contributed by atoms with Crippen LogP contribution in [0.5, 0.6) is 0 Å². The summed E-state index contributed by atoms with van der Waals surface area (Å²) in [4.78, 5) is 28.3. The molecule has 3 aliphatic rings. The lowest BCUT2D eigenvalue weighted by Gasteiger charge is -2.29. The van der Waals surface area contributed by atoms with E-state index in [0.29, 0.717) is 36.5 Å². The van der Waals surface area contributed by atoms with Gasteiger partial charge in [-0.3, -0.25) is 9.78 Å². The summed E-state index contributed by atoms with van der Waals surface area (Å²) in [5.74, 6) is 1.88. The third kappa shape index (κ3) is 3.89. The molecule has 2 saturated heterocycles. The molecule has 8 nitrogen and oxygen atoms in total. The van der Waals surface area contributed by atoms with Crippen molar-refractivity contribution < 1.29 is 4.74 Å². The van der Waals surface area contributed by atoms with Gasteiger partial charge in [0.15, 0.2) is 0 Å². The van der Waals surface area contributed by atoms with Crippen molar-refractivity contribution >= 4 is 33.3 Å². The van der Waals surface area contributed by atoms with Gasteiger partial charge in [0, 0.05) is 25.7 Å². The number of anilines is 2. The first kappa shape index (κ1) is 20.1. The average Bonchev–Trinajstić information content (AvgIpc) is 3.58. The standard InChI is InChI=1S/C23H28N6O2S/c30-21-18(22-26-17-5-1-4-16(14-6-7-14)19(17)32-22)20(25-15-3-2-8-24-13-15)27-23(28-21)29-9-11-31-12-10-29/h1,4-5,14-15,24H,2-3,6-13H2,(H2,25,27,28,30). The number of benzene rings is 1. The lowest BCUT2D eigenvalue weighted by molar-refractivity contribution is 0.122. The second-order valence-corrected chi connectivity index (χ2v) is 9.89. The van der Waals surface area contributed by atoms with Gasteiger partial charge in [0.1, 0.15) is 16.4 Å². The van der Waals surface area contributed by atoms with Gasteiger partial charge >= 0.3 is 0 Å². The fourth-order valence-corrected chi connectivity index (χ4v) is 5.85. The molecule has 2 aromatic heterocycles. The molecule has 1 atom stereocenters. The lowest BCUT2D eigenvalue weighted by atomic mass is 10.1. The zero-order valence-corrected chi connectivity index (χ0v) is 18.8. The van der Waals surface area contributed by atoms with Gasteiger partial charge in [-0.1, -0.05) is 12.1 Å². The zero-order valence-electron chi connectivity index (χ0n) is 18.0. The number of hydrogen-bond donors (Lipinski definition) is 3. The minimum atomic E-state index is -0.139. The molecule has 0 radical (unpaired) electrons. The Kier molecular flexibility index (Phi) is 5.32. The molecule has 4 heterocycles. The topological polar surface area (TPSA) is 95.2 Å². The Labute approximate surface area is 190 Å². The van der Waals surface area contributed by atoms with Crippen molar-refractivity contribution in [3.8, 4) is 10.6 Å². The molecule has 1 saturated carbocycles. The van der Waals surface area contributed by atoms with Crippen LogP contribution in [0.25, 0.3) is 20.8 Å². The molecule has 0 amide bonds. The van der Waals surface area contributed by atoms with Gasteiger partial charge in [-0.15, -0.1) is 11.3 Å². The number of morpholine rings is 1. The number of ether oxygens (including phenoxy) is 1. The number of nitrogens with zero attached hydrogens (tertiary/aromatic N) is 3. The highest BCUT2D eigenvalue weighted by molar-refractivity contribution is 7.21. The number of nitrogens with one attached hydrogen (secondary N) is 3. The minimum Gasteiger partial charge on any atom is -0.378 e. The van der Waals surface area contributed by atoms with E-state index in [4.69, 9.17) is 14.7 Å². The van der Waals surface area contributed by atoms with E-state index in [-0.39, 0.29) is 11.6 Å². The molecule has 9 heteroatoms. The van der Waals surface area contributed by atoms with Gasteiger partial charge < -0.3 is 20.3 Å². The molecule has 3 N–H and O–H groups in total. The highest BCUT2D eigenvalue weighted by Crippen LogP contribution is 2.45. The van der Waals surface area contributed by atoms with Crippen LogP contribution < -0.4 is 21.1 Å². The molecule has 1 aliphatic carbocycles. The van der Waals surface area contributed by atoms with Crippen LogP contribution in [0, 0.1) is 0 Å². The maximum Gasteiger partial charge on any atom is 0.264 e. The molecule has 6 rings (SSSR count). The maximum atomic E-state index is 13.4. The molecule has 1 unspecified atom stereocenters. The molecule has 3 fully saturated rings. The second kappa shape index (κ2) is 8.46. The number of thiazole rings is 1. The van der Waals surface area contributed by atoms with Crippen molar-refractivity contribution in [2.45, 2.75) is 37.6 Å². The Hall–Kier alpha value is -2.49. The highest BCUT2D eigenvalue weighted by Gasteiger charge is 2.28. The van der Waals surface area contributed by atoms with Crippen molar-refractivity contribution in [2.75, 3.05) is 49.6 Å².